The molecule has 0 saturated carbocycles. The van der Waals surface area contributed by atoms with E-state index in [-0.39, 0.29) is 11.9 Å². The first-order valence-corrected chi connectivity index (χ1v) is 6.23. The van der Waals surface area contributed by atoms with E-state index in [9.17, 15) is 9.18 Å². The van der Waals surface area contributed by atoms with E-state index in [1.165, 1.54) is 12.3 Å². The third kappa shape index (κ3) is 2.85. The zero-order chi connectivity index (χ0) is 13.1. The van der Waals surface area contributed by atoms with Crippen LogP contribution >= 0.6 is 0 Å². The number of rotatable bonds is 2. The first-order valence-electron chi connectivity index (χ1n) is 6.23. The molecule has 2 atom stereocenters. The fourth-order valence-electron chi connectivity index (χ4n) is 2.33. The van der Waals surface area contributed by atoms with Crippen LogP contribution in [0.2, 0.25) is 0 Å². The highest BCUT2D eigenvalue weighted by Crippen LogP contribution is 2.20. The highest BCUT2D eigenvalue weighted by atomic mass is 19.1. The van der Waals surface area contributed by atoms with Gasteiger partial charge in [0.05, 0.1) is 11.8 Å². The molecule has 5 heteroatoms. The van der Waals surface area contributed by atoms with Crippen LogP contribution in [0.5, 0.6) is 0 Å². The van der Waals surface area contributed by atoms with Crippen molar-refractivity contribution in [3.63, 3.8) is 0 Å². The molecule has 1 aliphatic heterocycles. The zero-order valence-corrected chi connectivity index (χ0v) is 10.5. The molecule has 18 heavy (non-hydrogen) atoms. The van der Waals surface area contributed by atoms with Gasteiger partial charge in [0, 0.05) is 25.3 Å². The van der Waals surface area contributed by atoms with Gasteiger partial charge in [-0.2, -0.15) is 0 Å². The van der Waals surface area contributed by atoms with Crippen molar-refractivity contribution in [3.8, 4) is 0 Å². The van der Waals surface area contributed by atoms with Crippen LogP contribution in [0.3, 0.4) is 0 Å². The Labute approximate surface area is 106 Å². The number of halogens is 1. The second-order valence-corrected chi connectivity index (χ2v) is 4.90. The summed E-state index contributed by atoms with van der Waals surface area (Å²) in [6, 6.07) is 1.30. The van der Waals surface area contributed by atoms with E-state index in [2.05, 4.69) is 4.98 Å². The van der Waals surface area contributed by atoms with Crippen molar-refractivity contribution in [2.75, 3.05) is 13.1 Å². The predicted molar refractivity (Wildman–Crippen MR) is 66.5 cm³/mol. The molecule has 98 valence electrons. The van der Waals surface area contributed by atoms with Crippen molar-refractivity contribution in [2.45, 2.75) is 25.8 Å². The van der Waals surface area contributed by atoms with E-state index in [0.29, 0.717) is 24.6 Å². The number of nitrogens with zero attached hydrogens (tertiary/aromatic N) is 2. The van der Waals surface area contributed by atoms with Crippen molar-refractivity contribution in [3.05, 3.63) is 29.8 Å². The molecule has 1 fully saturated rings. The lowest BCUT2D eigenvalue weighted by molar-refractivity contribution is 0.0660. The van der Waals surface area contributed by atoms with Crippen molar-refractivity contribution < 1.29 is 9.18 Å². The molecule has 0 aliphatic carbocycles. The number of hydrogen-bond acceptors (Lipinski definition) is 3. The fraction of sp³-hybridized carbons (Fsp3) is 0.538. The van der Waals surface area contributed by atoms with E-state index < -0.39 is 5.82 Å². The molecule has 2 heterocycles. The van der Waals surface area contributed by atoms with E-state index in [1.807, 2.05) is 6.92 Å². The number of aromatic nitrogens is 1. The van der Waals surface area contributed by atoms with Crippen molar-refractivity contribution in [1.29, 1.82) is 0 Å². The molecule has 1 saturated heterocycles. The first-order chi connectivity index (χ1) is 8.58. The molecule has 2 N–H and O–H groups in total. The maximum atomic E-state index is 13.0. The molecule has 1 aromatic rings. The number of pyridine rings is 1. The van der Waals surface area contributed by atoms with Crippen LogP contribution in [0.4, 0.5) is 4.39 Å². The Morgan fingerprint density at radius 2 is 2.39 bits per heavy atom. The number of piperidine rings is 1. The van der Waals surface area contributed by atoms with Crippen LogP contribution in [0.25, 0.3) is 0 Å². The Balaban J connectivity index is 2.09. The fourth-order valence-corrected chi connectivity index (χ4v) is 2.33. The molecule has 4 nitrogen and oxygen atoms in total. The summed E-state index contributed by atoms with van der Waals surface area (Å²) in [5.74, 6) is -0.321. The van der Waals surface area contributed by atoms with Gasteiger partial charge in [-0.05, 0) is 31.7 Å². The molecule has 1 aromatic heterocycles. The van der Waals surface area contributed by atoms with Crippen LogP contribution in [0.1, 0.15) is 30.1 Å². The molecular weight excluding hydrogens is 233 g/mol. The predicted octanol–water partition coefficient (Wildman–Crippen LogP) is 1.42. The monoisotopic (exact) mass is 251 g/mol. The number of nitrogens with two attached hydrogens (primary N) is 1. The Hall–Kier alpha value is -1.49. The lowest BCUT2D eigenvalue weighted by Gasteiger charge is -2.34. The Kier molecular flexibility index (Phi) is 3.91. The third-order valence-corrected chi connectivity index (χ3v) is 3.44. The van der Waals surface area contributed by atoms with E-state index in [1.54, 1.807) is 4.90 Å². The molecule has 1 aliphatic rings. The van der Waals surface area contributed by atoms with Gasteiger partial charge < -0.3 is 10.6 Å². The Morgan fingerprint density at radius 1 is 1.61 bits per heavy atom. The average Bonchev–Trinajstić information content (AvgIpc) is 2.38. The summed E-state index contributed by atoms with van der Waals surface area (Å²) in [6.07, 6.45) is 4.49. The summed E-state index contributed by atoms with van der Waals surface area (Å²) >= 11 is 0. The number of likely N-dealkylation sites (tertiary alicyclic amines) is 1. The number of carbonyl (C=O) groups excluding carboxylic acids is 1. The molecule has 2 rings (SSSR count). The van der Waals surface area contributed by atoms with Gasteiger partial charge in [-0.15, -0.1) is 0 Å². The van der Waals surface area contributed by atoms with Gasteiger partial charge >= 0.3 is 0 Å². The Bertz CT molecular complexity index is 436. The molecular formula is C13H18FN3O. The van der Waals surface area contributed by atoms with Gasteiger partial charge in [-0.25, -0.2) is 4.39 Å². The number of carbonyl (C=O) groups is 1. The summed E-state index contributed by atoms with van der Waals surface area (Å²) in [4.78, 5) is 17.6. The molecule has 0 aromatic carbocycles. The minimum absolute atomic E-state index is 0.0752. The summed E-state index contributed by atoms with van der Waals surface area (Å²) in [5, 5.41) is 0. The SMILES string of the molecule is CC(N)C1CCCN(C(=O)c2cncc(F)c2)C1. The lowest BCUT2D eigenvalue weighted by atomic mass is 9.92. The van der Waals surface area contributed by atoms with Crippen LogP contribution in [-0.2, 0) is 0 Å². The summed E-state index contributed by atoms with van der Waals surface area (Å²) in [7, 11) is 0. The minimum atomic E-state index is -0.485. The van der Waals surface area contributed by atoms with E-state index in [0.717, 1.165) is 19.0 Å². The van der Waals surface area contributed by atoms with Gasteiger partial charge in [0.1, 0.15) is 5.82 Å². The largest absolute Gasteiger partial charge is 0.338 e. The molecule has 0 spiro atoms. The number of hydrogen-bond donors (Lipinski definition) is 1. The molecule has 0 radical (unpaired) electrons. The standard InChI is InChI=1S/C13H18FN3O/c1-9(15)10-3-2-4-17(8-10)13(18)11-5-12(14)7-16-6-11/h5-7,9-10H,2-4,8,15H2,1H3. The second kappa shape index (κ2) is 5.44. The first kappa shape index (κ1) is 13.0. The maximum Gasteiger partial charge on any atom is 0.255 e. The van der Waals surface area contributed by atoms with Crippen molar-refractivity contribution in [1.82, 2.24) is 9.88 Å². The van der Waals surface area contributed by atoms with Gasteiger partial charge in [0.15, 0.2) is 0 Å². The van der Waals surface area contributed by atoms with E-state index >= 15 is 0 Å². The smallest absolute Gasteiger partial charge is 0.255 e. The van der Waals surface area contributed by atoms with Crippen LogP contribution < -0.4 is 5.73 Å². The van der Waals surface area contributed by atoms with Gasteiger partial charge in [-0.1, -0.05) is 0 Å². The van der Waals surface area contributed by atoms with Gasteiger partial charge in [0.25, 0.3) is 5.91 Å². The Morgan fingerprint density at radius 3 is 3.06 bits per heavy atom. The van der Waals surface area contributed by atoms with Crippen molar-refractivity contribution in [2.24, 2.45) is 11.7 Å². The third-order valence-electron chi connectivity index (χ3n) is 3.44. The van der Waals surface area contributed by atoms with Gasteiger partial charge in [0.2, 0.25) is 0 Å². The quantitative estimate of drug-likeness (QED) is 0.864. The molecule has 0 bridgehead atoms. The molecule has 1 amide bonds. The minimum Gasteiger partial charge on any atom is -0.338 e. The zero-order valence-electron chi connectivity index (χ0n) is 10.5. The topological polar surface area (TPSA) is 59.2 Å². The lowest BCUT2D eigenvalue weighted by Crippen LogP contribution is -2.45. The highest BCUT2D eigenvalue weighted by molar-refractivity contribution is 5.93. The number of amides is 1. The normalized spacial score (nSPS) is 21.7. The summed E-state index contributed by atoms with van der Waals surface area (Å²) in [6.45, 7) is 3.31. The summed E-state index contributed by atoms with van der Waals surface area (Å²) < 4.78 is 13.0. The van der Waals surface area contributed by atoms with Crippen LogP contribution in [-0.4, -0.2) is 34.9 Å². The summed E-state index contributed by atoms with van der Waals surface area (Å²) in [5.41, 5.74) is 6.19. The second-order valence-electron chi connectivity index (χ2n) is 4.90. The highest BCUT2D eigenvalue weighted by Gasteiger charge is 2.26. The van der Waals surface area contributed by atoms with E-state index in [4.69, 9.17) is 5.73 Å². The van der Waals surface area contributed by atoms with Crippen LogP contribution in [0.15, 0.2) is 18.5 Å². The van der Waals surface area contributed by atoms with Crippen LogP contribution in [0, 0.1) is 11.7 Å². The average molecular weight is 251 g/mol. The van der Waals surface area contributed by atoms with Crippen molar-refractivity contribution >= 4 is 5.91 Å². The molecule has 2 unspecified atom stereocenters. The van der Waals surface area contributed by atoms with Gasteiger partial charge in [-0.3, -0.25) is 9.78 Å². The maximum absolute atomic E-state index is 13.0.